The van der Waals surface area contributed by atoms with Crippen LogP contribution < -0.4 is 30.6 Å². The van der Waals surface area contributed by atoms with Crippen LogP contribution in [-0.2, 0) is 12.8 Å². The van der Waals surface area contributed by atoms with E-state index in [1.54, 1.807) is 0 Å². The highest BCUT2D eigenvalue weighted by molar-refractivity contribution is 7.80. The summed E-state index contributed by atoms with van der Waals surface area (Å²) in [6, 6.07) is 3.05. The van der Waals surface area contributed by atoms with E-state index in [-0.39, 0.29) is 10.7 Å². The van der Waals surface area contributed by atoms with Crippen LogP contribution in [0.2, 0.25) is 0 Å². The van der Waals surface area contributed by atoms with E-state index in [0.29, 0.717) is 33.7 Å². The predicted octanol–water partition coefficient (Wildman–Crippen LogP) is 3.12. The number of hydrogen-bond acceptors (Lipinski definition) is 7. The van der Waals surface area contributed by atoms with E-state index < -0.39 is 11.8 Å². The minimum atomic E-state index is -0.506. The molecule has 1 aromatic heterocycles. The van der Waals surface area contributed by atoms with Crippen LogP contribution >= 0.6 is 23.6 Å². The van der Waals surface area contributed by atoms with Crippen LogP contribution in [0.3, 0.4) is 0 Å². The fourth-order valence-electron chi connectivity index (χ4n) is 3.62. The zero-order valence-electron chi connectivity index (χ0n) is 17.8. The van der Waals surface area contributed by atoms with Crippen molar-refractivity contribution in [3.63, 3.8) is 0 Å². The topological polar surface area (TPSA) is 112 Å². The van der Waals surface area contributed by atoms with E-state index in [1.165, 1.54) is 44.8 Å². The molecule has 4 N–H and O–H groups in total. The summed E-state index contributed by atoms with van der Waals surface area (Å²) >= 11 is 6.77. The second-order valence-corrected chi connectivity index (χ2v) is 8.76. The van der Waals surface area contributed by atoms with Crippen LogP contribution in [0, 0.1) is 5.92 Å². The zero-order chi connectivity index (χ0) is 22.7. The Balaban J connectivity index is 1.80. The highest BCUT2D eigenvalue weighted by Gasteiger charge is 2.27. The van der Waals surface area contributed by atoms with Gasteiger partial charge in [-0.25, -0.2) is 0 Å². The van der Waals surface area contributed by atoms with E-state index in [2.05, 4.69) is 17.6 Å². The zero-order valence-corrected chi connectivity index (χ0v) is 19.4. The van der Waals surface area contributed by atoms with Gasteiger partial charge in [0.25, 0.3) is 11.8 Å². The van der Waals surface area contributed by atoms with Gasteiger partial charge in [0.1, 0.15) is 5.00 Å². The van der Waals surface area contributed by atoms with Crippen molar-refractivity contribution in [2.45, 2.75) is 26.2 Å². The molecule has 0 radical (unpaired) electrons. The third-order valence-electron chi connectivity index (χ3n) is 5.14. The highest BCUT2D eigenvalue weighted by atomic mass is 32.1. The number of hydrogen-bond donors (Lipinski definition) is 3. The van der Waals surface area contributed by atoms with Crippen LogP contribution in [0.4, 0.5) is 5.00 Å². The number of carbonyl (C=O) groups is 2. The quantitative estimate of drug-likeness (QED) is 0.564. The molecule has 0 spiro atoms. The second-order valence-electron chi connectivity index (χ2n) is 7.24. The van der Waals surface area contributed by atoms with Crippen LogP contribution in [0.15, 0.2) is 12.1 Å². The normalized spacial score (nSPS) is 14.9. The van der Waals surface area contributed by atoms with Gasteiger partial charge in [-0.1, -0.05) is 6.92 Å². The lowest BCUT2D eigenvalue weighted by Crippen LogP contribution is -2.34. The van der Waals surface area contributed by atoms with Crippen LogP contribution in [0.25, 0.3) is 0 Å². The fourth-order valence-corrected chi connectivity index (χ4v) is 5.30. The van der Waals surface area contributed by atoms with E-state index in [4.69, 9.17) is 32.2 Å². The van der Waals surface area contributed by atoms with E-state index in [0.717, 1.165) is 29.7 Å². The summed E-state index contributed by atoms with van der Waals surface area (Å²) in [5, 5.41) is 6.22. The molecule has 0 fully saturated rings. The summed E-state index contributed by atoms with van der Waals surface area (Å²) in [7, 11) is 4.42. The molecular weight excluding hydrogens is 438 g/mol. The Morgan fingerprint density at radius 2 is 1.81 bits per heavy atom. The molecule has 1 aliphatic rings. The maximum atomic E-state index is 12.8. The second kappa shape index (κ2) is 9.52. The number of fused-ring (bicyclic) bond motifs is 1. The van der Waals surface area contributed by atoms with Gasteiger partial charge in [0.05, 0.1) is 26.9 Å². The summed E-state index contributed by atoms with van der Waals surface area (Å²) < 4.78 is 15.8. The van der Waals surface area contributed by atoms with Gasteiger partial charge in [-0.2, -0.15) is 0 Å². The Morgan fingerprint density at radius 3 is 2.35 bits per heavy atom. The molecule has 2 amide bonds. The molecule has 166 valence electrons. The molecule has 0 saturated heterocycles. The van der Waals surface area contributed by atoms with Gasteiger partial charge < -0.3 is 25.3 Å². The molecule has 1 aromatic carbocycles. The van der Waals surface area contributed by atoms with Crippen molar-refractivity contribution in [1.82, 2.24) is 5.32 Å². The van der Waals surface area contributed by atoms with Gasteiger partial charge >= 0.3 is 0 Å². The third kappa shape index (κ3) is 4.75. The number of primary amides is 1. The number of nitrogens with two attached hydrogens (primary N) is 1. The monoisotopic (exact) mass is 463 g/mol. The van der Waals surface area contributed by atoms with E-state index >= 15 is 0 Å². The van der Waals surface area contributed by atoms with Gasteiger partial charge in [0.15, 0.2) is 16.6 Å². The lowest BCUT2D eigenvalue weighted by molar-refractivity contribution is 0.0974. The van der Waals surface area contributed by atoms with Crippen molar-refractivity contribution in [1.29, 1.82) is 0 Å². The van der Waals surface area contributed by atoms with Crippen molar-refractivity contribution in [3.8, 4) is 17.2 Å². The van der Waals surface area contributed by atoms with Crippen molar-refractivity contribution in [3.05, 3.63) is 33.7 Å². The highest BCUT2D eigenvalue weighted by Crippen LogP contribution is 2.40. The fraction of sp³-hybridized carbons (Fsp3) is 0.381. The van der Waals surface area contributed by atoms with Crippen LogP contribution in [0.5, 0.6) is 17.2 Å². The molecule has 8 nitrogen and oxygen atoms in total. The summed E-state index contributed by atoms with van der Waals surface area (Å²) in [6.45, 7) is 2.18. The number of nitrogens with one attached hydrogen (secondary N) is 2. The van der Waals surface area contributed by atoms with Crippen molar-refractivity contribution < 1.29 is 23.8 Å². The Morgan fingerprint density at radius 1 is 1.16 bits per heavy atom. The molecule has 0 bridgehead atoms. The van der Waals surface area contributed by atoms with Gasteiger partial charge in [-0.15, -0.1) is 11.3 Å². The molecular formula is C21H25N3O5S2. The van der Waals surface area contributed by atoms with Gasteiger partial charge in [-0.05, 0) is 55.1 Å². The number of rotatable bonds is 6. The van der Waals surface area contributed by atoms with Crippen LogP contribution in [-0.4, -0.2) is 38.3 Å². The Kier molecular flexibility index (Phi) is 7.01. The van der Waals surface area contributed by atoms with E-state index in [1.807, 2.05) is 0 Å². The van der Waals surface area contributed by atoms with Gasteiger partial charge in [-0.3, -0.25) is 14.9 Å². The predicted molar refractivity (Wildman–Crippen MR) is 124 cm³/mol. The number of benzene rings is 1. The van der Waals surface area contributed by atoms with Gasteiger partial charge in [0.2, 0.25) is 5.75 Å². The number of methoxy groups -OCH3 is 3. The first-order valence-corrected chi connectivity index (χ1v) is 10.9. The largest absolute Gasteiger partial charge is 0.493 e. The van der Waals surface area contributed by atoms with Crippen LogP contribution in [0.1, 0.15) is 44.5 Å². The molecule has 3 rings (SSSR count). The smallest absolute Gasteiger partial charge is 0.257 e. The number of ether oxygens (including phenoxy) is 3. The Labute approximate surface area is 190 Å². The van der Waals surface area contributed by atoms with Crippen molar-refractivity contribution in [2.24, 2.45) is 11.7 Å². The lowest BCUT2D eigenvalue weighted by atomic mass is 9.88. The first kappa shape index (κ1) is 22.8. The minimum Gasteiger partial charge on any atom is -0.493 e. The summed E-state index contributed by atoms with van der Waals surface area (Å²) in [5.41, 5.74) is 7.34. The lowest BCUT2D eigenvalue weighted by Gasteiger charge is -2.18. The number of amides is 2. The first-order valence-electron chi connectivity index (χ1n) is 9.65. The third-order valence-corrected chi connectivity index (χ3v) is 6.51. The number of thiophene rings is 1. The van der Waals surface area contributed by atoms with Crippen molar-refractivity contribution >= 4 is 45.5 Å². The minimum absolute atomic E-state index is 0.0629. The molecule has 2 aromatic rings. The Bertz CT molecular complexity index is 1010. The summed E-state index contributed by atoms with van der Waals surface area (Å²) in [4.78, 5) is 26.0. The maximum absolute atomic E-state index is 12.8. The average molecular weight is 464 g/mol. The number of thiocarbonyl (C=S) groups is 1. The molecule has 0 unspecified atom stereocenters. The summed E-state index contributed by atoms with van der Waals surface area (Å²) in [5.74, 6) is 0.655. The number of anilines is 1. The average Bonchev–Trinajstić information content (AvgIpc) is 3.08. The van der Waals surface area contributed by atoms with E-state index in [9.17, 15) is 9.59 Å². The van der Waals surface area contributed by atoms with Gasteiger partial charge in [0, 0.05) is 10.4 Å². The SMILES string of the molecule is COc1cc(C(=O)NC(=S)Nc2sc3c(c2C(N)=O)CC[C@@H](C)C3)cc(OC)c1OC. The molecule has 1 atom stereocenters. The molecule has 0 aliphatic heterocycles. The van der Waals surface area contributed by atoms with Crippen molar-refractivity contribution in [2.75, 3.05) is 26.6 Å². The molecule has 1 aliphatic carbocycles. The molecule has 0 saturated carbocycles. The Hall–Kier alpha value is -2.85. The number of carbonyl (C=O) groups excluding carboxylic acids is 2. The first-order chi connectivity index (χ1) is 14.8. The molecule has 1 heterocycles. The molecule has 10 heteroatoms. The summed E-state index contributed by atoms with van der Waals surface area (Å²) in [6.07, 6.45) is 2.70. The molecule has 31 heavy (non-hydrogen) atoms. The maximum Gasteiger partial charge on any atom is 0.257 e. The standard InChI is InChI=1S/C21H25N3O5S2/c1-10-5-6-12-15(7-10)31-20(16(12)18(22)25)24-21(30)23-19(26)11-8-13(27-2)17(29-4)14(9-11)28-3/h8-10H,5-7H2,1-4H3,(H2,22,25)(H2,23,24,26,30)/t10-/m1/s1.